The predicted octanol–water partition coefficient (Wildman–Crippen LogP) is 4.18. The highest BCUT2D eigenvalue weighted by Crippen LogP contribution is 2.36. The van der Waals surface area contributed by atoms with Crippen LogP contribution in [0.15, 0.2) is 10.5 Å². The lowest BCUT2D eigenvalue weighted by molar-refractivity contribution is 0.0661. The monoisotopic (exact) mass is 305 g/mol. The number of oxazole rings is 1. The Bertz CT molecular complexity index is 646. The van der Waals surface area contributed by atoms with Gasteiger partial charge in [-0.05, 0) is 49.7 Å². The Labute approximate surface area is 127 Å². The van der Waals surface area contributed by atoms with Crippen molar-refractivity contribution in [3.8, 4) is 10.8 Å². The Morgan fingerprint density at radius 3 is 2.86 bits per heavy atom. The van der Waals surface area contributed by atoms with Gasteiger partial charge in [-0.15, -0.1) is 11.3 Å². The van der Waals surface area contributed by atoms with E-state index in [1.807, 2.05) is 13.8 Å². The van der Waals surface area contributed by atoms with E-state index in [1.54, 1.807) is 11.3 Å². The Balaban J connectivity index is 1.98. The number of hydrogen-bond acceptors (Lipinski definition) is 4. The molecule has 4 nitrogen and oxygen atoms in total. The van der Waals surface area contributed by atoms with Crippen molar-refractivity contribution in [2.75, 3.05) is 0 Å². The van der Waals surface area contributed by atoms with E-state index in [2.05, 4.69) is 11.1 Å². The standard InChI is InChI=1S/C16H19NO3S/c1-9(2)7-11-14(16(18)19)20-15(17-11)13-8-10-5-3-4-6-12(10)21-13/h8-9H,3-7H2,1-2H3,(H,18,19). The van der Waals surface area contributed by atoms with Crippen molar-refractivity contribution in [3.63, 3.8) is 0 Å². The number of carbonyl (C=O) groups is 1. The zero-order valence-corrected chi connectivity index (χ0v) is 13.1. The summed E-state index contributed by atoms with van der Waals surface area (Å²) in [5.74, 6) is -0.240. The van der Waals surface area contributed by atoms with Gasteiger partial charge >= 0.3 is 5.97 Å². The number of rotatable bonds is 4. The molecule has 0 aromatic carbocycles. The lowest BCUT2D eigenvalue weighted by atomic mass is 9.99. The molecule has 2 aromatic rings. The summed E-state index contributed by atoms with van der Waals surface area (Å²) in [5.41, 5.74) is 1.93. The third-order valence-corrected chi connectivity index (χ3v) is 4.93. The fraction of sp³-hybridized carbons (Fsp3) is 0.500. The largest absolute Gasteiger partial charge is 0.475 e. The molecule has 1 N–H and O–H groups in total. The summed E-state index contributed by atoms with van der Waals surface area (Å²) in [6.07, 6.45) is 5.31. The first-order chi connectivity index (χ1) is 10.0. The first kappa shape index (κ1) is 14.3. The average molecular weight is 305 g/mol. The van der Waals surface area contributed by atoms with Gasteiger partial charge in [0.15, 0.2) is 0 Å². The molecule has 0 spiro atoms. The minimum absolute atomic E-state index is 0.00919. The second-order valence-corrected chi connectivity index (χ2v) is 7.10. The summed E-state index contributed by atoms with van der Waals surface area (Å²) in [6, 6.07) is 2.12. The van der Waals surface area contributed by atoms with Crippen LogP contribution in [0.3, 0.4) is 0 Å². The number of aryl methyl sites for hydroxylation is 2. The molecule has 0 saturated heterocycles. The number of carboxylic acid groups (broad SMARTS) is 1. The molecule has 0 radical (unpaired) electrons. The van der Waals surface area contributed by atoms with E-state index in [9.17, 15) is 9.90 Å². The molecule has 0 aliphatic heterocycles. The van der Waals surface area contributed by atoms with E-state index >= 15 is 0 Å². The lowest BCUT2D eigenvalue weighted by Crippen LogP contribution is -2.03. The second-order valence-electron chi connectivity index (χ2n) is 5.96. The van der Waals surface area contributed by atoms with Gasteiger partial charge in [0.2, 0.25) is 11.7 Å². The van der Waals surface area contributed by atoms with E-state index in [0.29, 0.717) is 23.9 Å². The summed E-state index contributed by atoms with van der Waals surface area (Å²) in [7, 11) is 0. The molecule has 0 saturated carbocycles. The molecular formula is C16H19NO3S. The summed E-state index contributed by atoms with van der Waals surface area (Å²) in [4.78, 5) is 18.1. The number of hydrogen-bond donors (Lipinski definition) is 1. The summed E-state index contributed by atoms with van der Waals surface area (Å²) in [6.45, 7) is 4.09. The number of carboxylic acids is 1. The van der Waals surface area contributed by atoms with Gasteiger partial charge in [-0.3, -0.25) is 0 Å². The summed E-state index contributed by atoms with van der Waals surface area (Å²) >= 11 is 1.69. The molecule has 0 unspecified atom stereocenters. The average Bonchev–Trinajstić information content (AvgIpc) is 3.00. The zero-order chi connectivity index (χ0) is 15.0. The molecule has 0 amide bonds. The van der Waals surface area contributed by atoms with Gasteiger partial charge in [-0.2, -0.15) is 0 Å². The number of aromatic carboxylic acids is 1. The molecule has 0 atom stereocenters. The van der Waals surface area contributed by atoms with Gasteiger partial charge in [0, 0.05) is 4.88 Å². The second kappa shape index (κ2) is 5.64. The normalized spacial score (nSPS) is 14.4. The van der Waals surface area contributed by atoms with Gasteiger partial charge < -0.3 is 9.52 Å². The van der Waals surface area contributed by atoms with Crippen LogP contribution in [0.4, 0.5) is 0 Å². The fourth-order valence-electron chi connectivity index (χ4n) is 2.75. The van der Waals surface area contributed by atoms with Gasteiger partial charge in [-0.1, -0.05) is 13.8 Å². The minimum Gasteiger partial charge on any atom is -0.475 e. The van der Waals surface area contributed by atoms with Gasteiger partial charge in [-0.25, -0.2) is 9.78 Å². The first-order valence-electron chi connectivity index (χ1n) is 7.39. The van der Waals surface area contributed by atoms with Gasteiger partial charge in [0.1, 0.15) is 0 Å². The zero-order valence-electron chi connectivity index (χ0n) is 12.3. The van der Waals surface area contributed by atoms with E-state index in [0.717, 1.165) is 17.7 Å². The van der Waals surface area contributed by atoms with Gasteiger partial charge in [0.05, 0.1) is 10.6 Å². The van der Waals surface area contributed by atoms with Crippen LogP contribution >= 0.6 is 11.3 Å². The molecule has 3 rings (SSSR count). The Hall–Kier alpha value is -1.62. The van der Waals surface area contributed by atoms with Crippen LogP contribution < -0.4 is 0 Å². The smallest absolute Gasteiger partial charge is 0.373 e. The maximum absolute atomic E-state index is 11.3. The van der Waals surface area contributed by atoms with Crippen LogP contribution in [-0.4, -0.2) is 16.1 Å². The topological polar surface area (TPSA) is 63.3 Å². The Morgan fingerprint density at radius 2 is 2.19 bits per heavy atom. The van der Waals surface area contributed by atoms with E-state index in [-0.39, 0.29) is 5.76 Å². The summed E-state index contributed by atoms with van der Waals surface area (Å²) < 4.78 is 5.54. The van der Waals surface area contributed by atoms with Crippen LogP contribution in [0.1, 0.15) is 53.4 Å². The minimum atomic E-state index is -1.04. The number of aromatic nitrogens is 1. The number of thiophene rings is 1. The van der Waals surface area contributed by atoms with Crippen molar-refractivity contribution in [2.45, 2.75) is 46.0 Å². The van der Waals surface area contributed by atoms with E-state index in [4.69, 9.17) is 4.42 Å². The fourth-order valence-corrected chi connectivity index (χ4v) is 3.93. The van der Waals surface area contributed by atoms with Crippen LogP contribution in [0.5, 0.6) is 0 Å². The van der Waals surface area contributed by atoms with Crippen molar-refractivity contribution in [3.05, 3.63) is 28.0 Å². The van der Waals surface area contributed by atoms with Crippen molar-refractivity contribution in [2.24, 2.45) is 5.92 Å². The van der Waals surface area contributed by atoms with Crippen molar-refractivity contribution in [1.29, 1.82) is 0 Å². The van der Waals surface area contributed by atoms with Crippen molar-refractivity contribution in [1.82, 2.24) is 4.98 Å². The molecular weight excluding hydrogens is 286 g/mol. The van der Waals surface area contributed by atoms with Gasteiger partial charge in [0.25, 0.3) is 0 Å². The molecule has 1 aliphatic rings. The number of fused-ring (bicyclic) bond motifs is 1. The lowest BCUT2D eigenvalue weighted by Gasteiger charge is -2.08. The Kier molecular flexibility index (Phi) is 3.85. The molecule has 21 heavy (non-hydrogen) atoms. The highest BCUT2D eigenvalue weighted by Gasteiger charge is 2.23. The maximum atomic E-state index is 11.3. The quantitative estimate of drug-likeness (QED) is 0.920. The van der Waals surface area contributed by atoms with Crippen molar-refractivity contribution < 1.29 is 14.3 Å². The SMILES string of the molecule is CC(C)Cc1nc(-c2cc3c(s2)CCCC3)oc1C(=O)O. The molecule has 2 heterocycles. The molecule has 1 aliphatic carbocycles. The van der Waals surface area contributed by atoms with E-state index < -0.39 is 5.97 Å². The molecule has 0 fully saturated rings. The molecule has 0 bridgehead atoms. The van der Waals surface area contributed by atoms with E-state index in [1.165, 1.54) is 23.3 Å². The predicted molar refractivity (Wildman–Crippen MR) is 82.0 cm³/mol. The molecule has 112 valence electrons. The van der Waals surface area contributed by atoms with Crippen LogP contribution in [0.25, 0.3) is 10.8 Å². The first-order valence-corrected chi connectivity index (χ1v) is 8.21. The maximum Gasteiger partial charge on any atom is 0.373 e. The Morgan fingerprint density at radius 1 is 1.43 bits per heavy atom. The third-order valence-electron chi connectivity index (χ3n) is 3.70. The highest BCUT2D eigenvalue weighted by molar-refractivity contribution is 7.15. The van der Waals surface area contributed by atoms with Crippen LogP contribution in [0.2, 0.25) is 0 Å². The molecule has 2 aromatic heterocycles. The summed E-state index contributed by atoms with van der Waals surface area (Å²) in [5, 5.41) is 9.27. The van der Waals surface area contributed by atoms with Crippen LogP contribution in [-0.2, 0) is 19.3 Å². The van der Waals surface area contributed by atoms with Crippen molar-refractivity contribution >= 4 is 17.3 Å². The molecule has 5 heteroatoms. The van der Waals surface area contributed by atoms with Crippen LogP contribution in [0, 0.1) is 5.92 Å². The third kappa shape index (κ3) is 2.88. The number of nitrogens with zero attached hydrogens (tertiary/aromatic N) is 1. The highest BCUT2D eigenvalue weighted by atomic mass is 32.1.